The molecule has 13 heavy (non-hydrogen) atoms. The van der Waals surface area contributed by atoms with Gasteiger partial charge < -0.3 is 7.43 Å². The fraction of sp³-hybridized carbons (Fsp3) is 0. The van der Waals surface area contributed by atoms with Crippen molar-refractivity contribution < 1.29 is 253 Å². The average molecular weight is 2220 g/mol. The smallest absolute Gasteiger partial charge is 0 e. The van der Waals surface area contributed by atoms with Crippen LogP contribution >= 0.6 is 0 Å². The van der Waals surface area contributed by atoms with Crippen molar-refractivity contribution in [2.45, 2.75) is 0 Å². The molecule has 0 unspecified atom stereocenters. The summed E-state index contributed by atoms with van der Waals surface area (Å²) < 4.78 is 0. The quantitative estimate of drug-likeness (QED) is 0.310. The van der Waals surface area contributed by atoms with E-state index in [2.05, 4.69) is 0 Å². The van der Waals surface area contributed by atoms with Crippen LogP contribution in [0.4, 0.5) is 0 Å². The van der Waals surface area contributed by atoms with Gasteiger partial charge in [-0.3, -0.25) is 0 Å². The topological polar surface area (TPSA) is 0 Å². The summed E-state index contributed by atoms with van der Waals surface area (Å²) >= 11 is 0. The molecule has 80 valence electrons. The monoisotopic (exact) mass is 2220 g/mol. The normalized spacial score (nSPS) is 0. The second-order valence-electron chi connectivity index (χ2n) is 0. The molecule has 0 atom stereocenters. The molecule has 0 saturated carbocycles. The molecule has 0 amide bonds. The van der Waals surface area contributed by atoms with Crippen molar-refractivity contribution in [3.8, 4) is 0 Å². The van der Waals surface area contributed by atoms with Gasteiger partial charge in [0, 0.05) is 253 Å². The minimum Gasteiger partial charge on any atom is -0.358 e. The summed E-state index contributed by atoms with van der Waals surface area (Å²) in [4.78, 5) is 0. The standard InChI is InChI=1S/CH3.12W/h1H3;;;;;;;;;;;;/q-1;;;;;;;;;;;;. The predicted molar refractivity (Wildman–Crippen MR) is 6.41 cm³/mol. The zero-order chi connectivity index (χ0) is 0. The first kappa shape index (κ1) is 128. The molecule has 0 aliphatic carbocycles. The molecule has 12 heteroatoms. The Bertz CT molecular complexity index is 5.09. The van der Waals surface area contributed by atoms with Gasteiger partial charge in [-0.2, -0.15) is 0 Å². The van der Waals surface area contributed by atoms with E-state index in [4.69, 9.17) is 0 Å². The van der Waals surface area contributed by atoms with Crippen molar-refractivity contribution >= 4 is 0 Å². The molecule has 0 aliphatic heterocycles. The molecule has 0 aliphatic rings. The number of hydrogen-bond acceptors (Lipinski definition) is 0. The molecule has 0 aromatic heterocycles. The summed E-state index contributed by atoms with van der Waals surface area (Å²) in [6.45, 7) is 0. The third kappa shape index (κ3) is 99.0. The van der Waals surface area contributed by atoms with Gasteiger partial charge in [-0.15, -0.1) is 0 Å². The second kappa shape index (κ2) is 110. The Hall–Kier alpha value is 8.26. The largest absolute Gasteiger partial charge is 0.358 e. The summed E-state index contributed by atoms with van der Waals surface area (Å²) in [6, 6.07) is 0. The molecule has 0 heterocycles. The summed E-state index contributed by atoms with van der Waals surface area (Å²) in [7, 11) is 0. The molecule has 0 N–H and O–H groups in total. The predicted octanol–water partition coefficient (Wildman–Crippen LogP) is 0.420. The van der Waals surface area contributed by atoms with Gasteiger partial charge in [0.2, 0.25) is 0 Å². The van der Waals surface area contributed by atoms with Gasteiger partial charge in [-0.25, -0.2) is 0 Å². The van der Waals surface area contributed by atoms with Crippen LogP contribution < -0.4 is 0 Å². The van der Waals surface area contributed by atoms with Gasteiger partial charge in [0.25, 0.3) is 0 Å². The summed E-state index contributed by atoms with van der Waals surface area (Å²) in [5.41, 5.74) is 0. The molecule has 0 bridgehead atoms. The van der Waals surface area contributed by atoms with Gasteiger partial charge in [0.05, 0.1) is 0 Å². The molecular formula is CH3W12-. The maximum atomic E-state index is 0. The fourth-order valence-electron chi connectivity index (χ4n) is 0. The number of rotatable bonds is 0. The van der Waals surface area contributed by atoms with Crippen molar-refractivity contribution in [3.05, 3.63) is 7.43 Å². The van der Waals surface area contributed by atoms with Gasteiger partial charge >= 0.3 is 0 Å². The summed E-state index contributed by atoms with van der Waals surface area (Å²) in [5, 5.41) is 0. The molecule has 0 saturated heterocycles. The fourth-order valence-corrected chi connectivity index (χ4v) is 0. The first-order valence-electron chi connectivity index (χ1n) is 0. The van der Waals surface area contributed by atoms with Crippen LogP contribution in [-0.2, 0) is 253 Å². The van der Waals surface area contributed by atoms with Crippen LogP contribution in [0.3, 0.4) is 0 Å². The maximum Gasteiger partial charge on any atom is 0 e. The molecule has 0 fully saturated rings. The van der Waals surface area contributed by atoms with E-state index in [0.717, 1.165) is 0 Å². The van der Waals surface area contributed by atoms with Crippen LogP contribution in [0.2, 0.25) is 0 Å². The molecule has 0 spiro atoms. The van der Waals surface area contributed by atoms with Crippen molar-refractivity contribution in [2.75, 3.05) is 0 Å². The van der Waals surface area contributed by atoms with Crippen molar-refractivity contribution in [1.29, 1.82) is 0 Å². The van der Waals surface area contributed by atoms with E-state index < -0.39 is 0 Å². The van der Waals surface area contributed by atoms with Crippen LogP contribution in [0, 0.1) is 7.43 Å². The van der Waals surface area contributed by atoms with E-state index in [1.165, 1.54) is 0 Å². The summed E-state index contributed by atoms with van der Waals surface area (Å²) in [6.07, 6.45) is 0. The van der Waals surface area contributed by atoms with E-state index in [1.54, 1.807) is 0 Å². The van der Waals surface area contributed by atoms with E-state index >= 15 is 0 Å². The van der Waals surface area contributed by atoms with Crippen LogP contribution in [0.15, 0.2) is 0 Å². The molecular weight excluding hydrogens is 2220 g/mol. The average Bonchev–Trinajstić information content (AvgIpc) is 0. The Labute approximate surface area is 253 Å². The van der Waals surface area contributed by atoms with Gasteiger partial charge in [-0.05, 0) is 0 Å². The third-order valence-electron chi connectivity index (χ3n) is 0. The Balaban J connectivity index is 0. The zero-order valence-electron chi connectivity index (χ0n) is 5.90. The van der Waals surface area contributed by atoms with E-state index in [9.17, 15) is 0 Å². The SMILES string of the molecule is [CH3-].[W].[W].[W].[W].[W].[W].[W].[W].[W].[W].[W].[W]. The van der Waals surface area contributed by atoms with Crippen molar-refractivity contribution in [2.24, 2.45) is 0 Å². The molecule has 0 aromatic carbocycles. The first-order chi connectivity index (χ1) is 0. The Morgan fingerprint density at radius 1 is 0.154 bits per heavy atom. The minimum absolute atomic E-state index is 0. The summed E-state index contributed by atoms with van der Waals surface area (Å²) in [5.74, 6) is 0. The van der Waals surface area contributed by atoms with Gasteiger partial charge in [0.15, 0.2) is 0 Å². The molecule has 0 aromatic rings. The van der Waals surface area contributed by atoms with E-state index in [1.807, 2.05) is 0 Å². The molecule has 0 rings (SSSR count). The Kier molecular flexibility index (Phi) is 1080. The van der Waals surface area contributed by atoms with Crippen LogP contribution in [-0.4, -0.2) is 0 Å². The second-order valence-corrected chi connectivity index (χ2v) is 0. The zero-order valence-corrected chi connectivity index (χ0v) is 41.1. The maximum absolute atomic E-state index is 0. The minimum atomic E-state index is 0. The Morgan fingerprint density at radius 3 is 0.154 bits per heavy atom. The van der Waals surface area contributed by atoms with Gasteiger partial charge in [-0.1, -0.05) is 0 Å². The van der Waals surface area contributed by atoms with Gasteiger partial charge in [0.1, 0.15) is 0 Å². The molecule has 0 radical (unpaired) electrons. The van der Waals surface area contributed by atoms with Crippen LogP contribution in [0.25, 0.3) is 0 Å². The van der Waals surface area contributed by atoms with Crippen LogP contribution in [0.1, 0.15) is 0 Å². The van der Waals surface area contributed by atoms with E-state index in [0.29, 0.717) is 0 Å². The molecule has 0 nitrogen and oxygen atoms in total. The first-order valence-corrected chi connectivity index (χ1v) is 0. The Morgan fingerprint density at radius 2 is 0.154 bits per heavy atom. The number of hydrogen-bond donors (Lipinski definition) is 0. The van der Waals surface area contributed by atoms with Crippen molar-refractivity contribution in [3.63, 3.8) is 0 Å². The third-order valence-corrected chi connectivity index (χ3v) is 0. The van der Waals surface area contributed by atoms with E-state index in [-0.39, 0.29) is 260 Å². The van der Waals surface area contributed by atoms with Crippen LogP contribution in [0.5, 0.6) is 0 Å². The van der Waals surface area contributed by atoms with Crippen molar-refractivity contribution in [1.82, 2.24) is 0 Å².